The molecule has 1 saturated carbocycles. The van der Waals surface area contributed by atoms with Crippen LogP contribution >= 0.6 is 11.6 Å². The molecule has 0 atom stereocenters. The second-order valence-corrected chi connectivity index (χ2v) is 8.16. The van der Waals surface area contributed by atoms with Crippen molar-refractivity contribution in [3.8, 4) is 11.5 Å². The van der Waals surface area contributed by atoms with Crippen molar-refractivity contribution in [1.82, 2.24) is 5.32 Å². The van der Waals surface area contributed by atoms with E-state index in [1.165, 1.54) is 12.1 Å². The number of amides is 2. The molecule has 1 aliphatic heterocycles. The highest BCUT2D eigenvalue weighted by Crippen LogP contribution is 2.33. The summed E-state index contributed by atoms with van der Waals surface area (Å²) in [6.07, 6.45) is 2.87. The van der Waals surface area contributed by atoms with E-state index in [2.05, 4.69) is 5.32 Å². The van der Waals surface area contributed by atoms with Crippen LogP contribution in [0.15, 0.2) is 36.4 Å². The van der Waals surface area contributed by atoms with Gasteiger partial charge in [0, 0.05) is 30.6 Å². The maximum absolute atomic E-state index is 13.3. The highest BCUT2D eigenvalue weighted by molar-refractivity contribution is 6.30. The van der Waals surface area contributed by atoms with Gasteiger partial charge in [0.1, 0.15) is 17.3 Å². The normalized spacial score (nSPS) is 15.1. The summed E-state index contributed by atoms with van der Waals surface area (Å²) in [5.74, 6) is -0.385. The van der Waals surface area contributed by atoms with Gasteiger partial charge >= 0.3 is 0 Å². The van der Waals surface area contributed by atoms with Crippen LogP contribution in [0.4, 0.5) is 10.1 Å². The summed E-state index contributed by atoms with van der Waals surface area (Å²) in [6, 6.07) is 8.96. The van der Waals surface area contributed by atoms with Crippen molar-refractivity contribution < 1.29 is 28.2 Å². The predicted molar refractivity (Wildman–Crippen MR) is 116 cm³/mol. The zero-order valence-corrected chi connectivity index (χ0v) is 18.0. The second kappa shape index (κ2) is 9.56. The highest BCUT2D eigenvalue weighted by Gasteiger charge is 2.27. The lowest BCUT2D eigenvalue weighted by atomic mass is 10.1. The van der Waals surface area contributed by atoms with Crippen LogP contribution in [0.2, 0.25) is 5.02 Å². The molecular formula is C23H22ClFN2O5. The van der Waals surface area contributed by atoms with Gasteiger partial charge in [-0.1, -0.05) is 11.6 Å². The number of hydrogen-bond donors (Lipinski definition) is 1. The lowest BCUT2D eigenvalue weighted by Gasteiger charge is -2.29. The maximum atomic E-state index is 13.3. The van der Waals surface area contributed by atoms with Gasteiger partial charge in [0.05, 0.1) is 10.7 Å². The largest absolute Gasteiger partial charge is 0.485 e. The van der Waals surface area contributed by atoms with E-state index in [1.54, 1.807) is 23.1 Å². The molecular weight excluding hydrogens is 439 g/mol. The number of anilines is 1. The Kier molecular flexibility index (Phi) is 6.60. The number of ether oxygens (including phenoxy) is 2. The molecule has 1 N–H and O–H groups in total. The Balaban J connectivity index is 1.40. The predicted octanol–water partition coefficient (Wildman–Crippen LogP) is 3.53. The molecule has 2 aromatic rings. The van der Waals surface area contributed by atoms with Gasteiger partial charge < -0.3 is 19.7 Å². The van der Waals surface area contributed by atoms with E-state index in [4.69, 9.17) is 21.1 Å². The number of rotatable bonds is 9. The Hall–Kier alpha value is -3.13. The quantitative estimate of drug-likeness (QED) is 0.579. The maximum Gasteiger partial charge on any atom is 0.265 e. The SMILES string of the molecule is O=C(CCCN1C(=O)COc2ccc(C(=O)COc3ccc(F)c(Cl)c3)cc21)NC1CC1. The van der Waals surface area contributed by atoms with Crippen LogP contribution < -0.4 is 19.7 Å². The summed E-state index contributed by atoms with van der Waals surface area (Å²) in [4.78, 5) is 38.5. The number of carbonyl (C=O) groups excluding carboxylic acids is 3. The number of benzene rings is 2. The zero-order valence-electron chi connectivity index (χ0n) is 17.2. The molecule has 0 radical (unpaired) electrons. The van der Waals surface area contributed by atoms with Crippen LogP contribution in [0.1, 0.15) is 36.0 Å². The standard InChI is InChI=1S/C23H22ClFN2O5/c24-17-11-16(6-7-18(17)25)31-12-20(28)14-3-8-21-19(10-14)27(23(30)13-32-21)9-1-2-22(29)26-15-4-5-15/h3,6-8,10-11,15H,1-2,4-5,9,12-13H2,(H,26,29). The molecule has 168 valence electrons. The van der Waals surface area contributed by atoms with Crippen molar-refractivity contribution >= 4 is 34.9 Å². The summed E-state index contributed by atoms with van der Waals surface area (Å²) in [5, 5.41) is 2.83. The molecule has 7 nitrogen and oxygen atoms in total. The summed E-state index contributed by atoms with van der Waals surface area (Å²) in [7, 11) is 0. The zero-order chi connectivity index (χ0) is 22.7. The van der Waals surface area contributed by atoms with Crippen molar-refractivity contribution in [2.24, 2.45) is 0 Å². The fraction of sp³-hybridized carbons (Fsp3) is 0.348. The van der Waals surface area contributed by atoms with Crippen LogP contribution in [0.3, 0.4) is 0 Å². The monoisotopic (exact) mass is 460 g/mol. The molecule has 2 aliphatic rings. The summed E-state index contributed by atoms with van der Waals surface area (Å²) >= 11 is 5.73. The lowest BCUT2D eigenvalue weighted by molar-refractivity contribution is -0.122. The molecule has 0 bridgehead atoms. The van der Waals surface area contributed by atoms with Crippen LogP contribution in [0.5, 0.6) is 11.5 Å². The first kappa shape index (κ1) is 22.1. The Labute approximate surface area is 189 Å². The summed E-state index contributed by atoms with van der Waals surface area (Å²) in [5.41, 5.74) is 0.825. The molecule has 2 aromatic carbocycles. The number of nitrogens with zero attached hydrogens (tertiary/aromatic N) is 1. The molecule has 0 saturated heterocycles. The summed E-state index contributed by atoms with van der Waals surface area (Å²) < 4.78 is 24.2. The van der Waals surface area contributed by atoms with Crippen molar-refractivity contribution in [1.29, 1.82) is 0 Å². The number of Topliss-reactive ketones (excluding diaryl/α,β-unsaturated/α-hetero) is 1. The number of ketones is 1. The number of hydrogen-bond acceptors (Lipinski definition) is 5. The smallest absolute Gasteiger partial charge is 0.265 e. The molecule has 9 heteroatoms. The van der Waals surface area contributed by atoms with E-state index in [-0.39, 0.29) is 41.6 Å². The van der Waals surface area contributed by atoms with Crippen molar-refractivity contribution in [2.45, 2.75) is 31.7 Å². The Morgan fingerprint density at radius 3 is 2.78 bits per heavy atom. The first-order chi connectivity index (χ1) is 15.4. The molecule has 2 amide bonds. The van der Waals surface area contributed by atoms with E-state index in [9.17, 15) is 18.8 Å². The third-order valence-electron chi connectivity index (χ3n) is 5.21. The molecule has 1 heterocycles. The second-order valence-electron chi connectivity index (χ2n) is 7.75. The van der Waals surface area contributed by atoms with E-state index >= 15 is 0 Å². The topological polar surface area (TPSA) is 84.9 Å². The van der Waals surface area contributed by atoms with Gasteiger partial charge in [0.2, 0.25) is 5.91 Å². The Morgan fingerprint density at radius 2 is 2.03 bits per heavy atom. The van der Waals surface area contributed by atoms with Crippen LogP contribution in [0.25, 0.3) is 0 Å². The Bertz CT molecular complexity index is 1060. The number of halogens is 2. The van der Waals surface area contributed by atoms with Crippen LogP contribution in [0, 0.1) is 5.82 Å². The lowest BCUT2D eigenvalue weighted by Crippen LogP contribution is -2.40. The molecule has 0 spiro atoms. The van der Waals surface area contributed by atoms with Crippen LogP contribution in [-0.2, 0) is 9.59 Å². The van der Waals surface area contributed by atoms with Gasteiger partial charge in [-0.25, -0.2) is 4.39 Å². The van der Waals surface area contributed by atoms with Gasteiger partial charge in [-0.15, -0.1) is 0 Å². The van der Waals surface area contributed by atoms with Gasteiger partial charge in [-0.3, -0.25) is 14.4 Å². The molecule has 32 heavy (non-hydrogen) atoms. The average molecular weight is 461 g/mol. The van der Waals surface area contributed by atoms with Gasteiger partial charge in [-0.05, 0) is 49.6 Å². The van der Waals surface area contributed by atoms with Gasteiger partial charge in [-0.2, -0.15) is 0 Å². The average Bonchev–Trinajstić information content (AvgIpc) is 3.59. The molecule has 1 fully saturated rings. The minimum atomic E-state index is -0.574. The first-order valence-corrected chi connectivity index (χ1v) is 10.8. The first-order valence-electron chi connectivity index (χ1n) is 10.4. The number of fused-ring (bicyclic) bond motifs is 1. The Morgan fingerprint density at radius 1 is 1.22 bits per heavy atom. The molecule has 0 aromatic heterocycles. The van der Waals surface area contributed by atoms with E-state index in [0.717, 1.165) is 18.9 Å². The fourth-order valence-electron chi connectivity index (χ4n) is 3.34. The minimum Gasteiger partial charge on any atom is -0.485 e. The van der Waals surface area contributed by atoms with Gasteiger partial charge in [0.15, 0.2) is 19.0 Å². The van der Waals surface area contributed by atoms with E-state index in [0.29, 0.717) is 42.4 Å². The van der Waals surface area contributed by atoms with Crippen LogP contribution in [-0.4, -0.2) is 43.4 Å². The highest BCUT2D eigenvalue weighted by atomic mass is 35.5. The number of carbonyl (C=O) groups is 3. The summed E-state index contributed by atoms with van der Waals surface area (Å²) in [6.45, 7) is -0.0323. The van der Waals surface area contributed by atoms with Crippen molar-refractivity contribution in [2.75, 3.05) is 24.7 Å². The third-order valence-corrected chi connectivity index (χ3v) is 5.50. The fourth-order valence-corrected chi connectivity index (χ4v) is 3.52. The van der Waals surface area contributed by atoms with Gasteiger partial charge in [0.25, 0.3) is 5.91 Å². The van der Waals surface area contributed by atoms with E-state index < -0.39 is 5.82 Å². The van der Waals surface area contributed by atoms with E-state index in [1.807, 2.05) is 0 Å². The molecule has 1 aliphatic carbocycles. The van der Waals surface area contributed by atoms with Crippen molar-refractivity contribution in [3.05, 3.63) is 52.8 Å². The molecule has 4 rings (SSSR count). The minimum absolute atomic E-state index is 0.0181. The number of nitrogens with one attached hydrogen (secondary N) is 1. The third kappa shape index (κ3) is 5.37. The van der Waals surface area contributed by atoms with Crippen molar-refractivity contribution in [3.63, 3.8) is 0 Å². The molecule has 0 unspecified atom stereocenters.